The van der Waals surface area contributed by atoms with E-state index in [2.05, 4.69) is 118 Å². The minimum absolute atomic E-state index is 0.0162. The number of hydrogen-bond acceptors (Lipinski definition) is 1. The Balaban J connectivity index is 1.94. The Morgan fingerprint density at radius 1 is 0.500 bits per heavy atom. The summed E-state index contributed by atoms with van der Waals surface area (Å²) in [5.41, 5.74) is 7.30. The highest BCUT2D eigenvalue weighted by molar-refractivity contribution is 5.58. The summed E-state index contributed by atoms with van der Waals surface area (Å²) in [6, 6.07) is 18.3. The fourth-order valence-electron chi connectivity index (χ4n) is 3.48. The monoisotopic (exact) mass is 437 g/mol. The Morgan fingerprint density at radius 2 is 0.941 bits per heavy atom. The van der Waals surface area contributed by atoms with Gasteiger partial charge in [0, 0.05) is 22.3 Å². The van der Waals surface area contributed by atoms with Gasteiger partial charge in [0.15, 0.2) is 0 Å². The molecule has 1 heteroatoms. The van der Waals surface area contributed by atoms with Crippen LogP contribution in [0.3, 0.4) is 0 Å². The molecule has 4 rings (SSSR count). The molecule has 0 fully saturated rings. The fourth-order valence-corrected chi connectivity index (χ4v) is 3.48. The molecule has 3 aromatic rings. The molecule has 2 bridgehead atoms. The van der Waals surface area contributed by atoms with Crippen LogP contribution in [0.25, 0.3) is 0 Å². The number of rotatable bonds is 0. The summed E-state index contributed by atoms with van der Waals surface area (Å²) in [5.74, 6) is 25.5. The van der Waals surface area contributed by atoms with Crippen molar-refractivity contribution >= 4 is 0 Å². The lowest BCUT2D eigenvalue weighted by molar-refractivity contribution is 0.590. The Labute approximate surface area is 204 Å². The van der Waals surface area contributed by atoms with E-state index >= 15 is 0 Å². The van der Waals surface area contributed by atoms with Crippen LogP contribution >= 0.6 is 0 Å². The van der Waals surface area contributed by atoms with E-state index < -0.39 is 0 Å². The highest BCUT2D eigenvalue weighted by Gasteiger charge is 2.16. The first-order chi connectivity index (χ1) is 16.1. The van der Waals surface area contributed by atoms with Crippen molar-refractivity contribution in [3.8, 4) is 47.4 Å². The van der Waals surface area contributed by atoms with Crippen LogP contribution in [0.5, 0.6) is 0 Å². The van der Waals surface area contributed by atoms with Gasteiger partial charge in [-0.05, 0) is 82.0 Å². The third kappa shape index (κ3) is 5.41. The van der Waals surface area contributed by atoms with E-state index in [0.717, 1.165) is 22.3 Å². The number of fused-ring (bicyclic) bond motifs is 4. The second-order valence-electron chi connectivity index (χ2n) is 10.4. The molecule has 0 radical (unpaired) electrons. The van der Waals surface area contributed by atoms with Crippen LogP contribution in [-0.4, -0.2) is 4.98 Å². The normalized spacial score (nSPS) is 11.8. The summed E-state index contributed by atoms with van der Waals surface area (Å²) in [6.45, 7) is 13.2. The molecule has 1 aliphatic rings. The maximum Gasteiger partial charge on any atom is 0.115 e. The van der Waals surface area contributed by atoms with Crippen LogP contribution in [-0.2, 0) is 10.8 Å². The van der Waals surface area contributed by atoms with Crippen LogP contribution in [0.4, 0.5) is 0 Å². The summed E-state index contributed by atoms with van der Waals surface area (Å²) >= 11 is 0. The first-order valence-electron chi connectivity index (χ1n) is 11.4. The first-order valence-corrected chi connectivity index (χ1v) is 11.4. The number of nitrogens with zero attached hydrogens (tertiary/aromatic N) is 1. The molecule has 0 N–H and O–H groups in total. The van der Waals surface area contributed by atoms with Crippen molar-refractivity contribution in [2.75, 3.05) is 0 Å². The molecule has 0 saturated heterocycles. The summed E-state index contributed by atoms with van der Waals surface area (Å²) in [5, 5.41) is 0. The van der Waals surface area contributed by atoms with E-state index in [1.54, 1.807) is 0 Å². The van der Waals surface area contributed by atoms with Gasteiger partial charge < -0.3 is 0 Å². The Kier molecular flexibility index (Phi) is 6.08. The lowest BCUT2D eigenvalue weighted by atomic mass is 9.85. The van der Waals surface area contributed by atoms with Crippen molar-refractivity contribution < 1.29 is 0 Å². The van der Waals surface area contributed by atoms with Gasteiger partial charge in [-0.15, -0.1) is 0 Å². The Bertz CT molecular complexity index is 1410. The summed E-state index contributed by atoms with van der Waals surface area (Å²) in [6.07, 6.45) is 0. The van der Waals surface area contributed by atoms with Crippen molar-refractivity contribution in [2.45, 2.75) is 52.4 Å². The van der Waals surface area contributed by atoms with Crippen molar-refractivity contribution in [3.05, 3.63) is 99.4 Å². The average molecular weight is 438 g/mol. The molecule has 2 aromatic carbocycles. The molecule has 0 atom stereocenters. The number of aromatic nitrogens is 1. The molecule has 34 heavy (non-hydrogen) atoms. The fraction of sp³-hybridized carbons (Fsp3) is 0.242. The van der Waals surface area contributed by atoms with Gasteiger partial charge in [-0.2, -0.15) is 0 Å². The highest BCUT2D eigenvalue weighted by Crippen LogP contribution is 2.25. The SMILES string of the molecule is CC(C)(C)c1ccc2c(c1)C#CC#Cc1cc(C(C)(C)C)ccc1C#Cc1cccc(n1)C#C2. The lowest BCUT2D eigenvalue weighted by Crippen LogP contribution is -2.11. The van der Waals surface area contributed by atoms with E-state index in [-0.39, 0.29) is 10.8 Å². The van der Waals surface area contributed by atoms with Gasteiger partial charge in [0.1, 0.15) is 11.4 Å². The largest absolute Gasteiger partial charge is 0.231 e. The zero-order valence-electron chi connectivity index (χ0n) is 20.6. The Hall–Kier alpha value is -4.17. The summed E-state index contributed by atoms with van der Waals surface area (Å²) in [4.78, 5) is 4.62. The molecule has 164 valence electrons. The van der Waals surface area contributed by atoms with Crippen LogP contribution in [0, 0.1) is 47.4 Å². The predicted molar refractivity (Wildman–Crippen MR) is 140 cm³/mol. The van der Waals surface area contributed by atoms with Gasteiger partial charge in [-0.25, -0.2) is 4.98 Å². The second kappa shape index (κ2) is 8.99. The van der Waals surface area contributed by atoms with E-state index in [4.69, 9.17) is 0 Å². The van der Waals surface area contributed by atoms with Crippen LogP contribution < -0.4 is 0 Å². The third-order valence-electron chi connectivity index (χ3n) is 5.63. The molecular weight excluding hydrogens is 410 g/mol. The van der Waals surface area contributed by atoms with Crippen LogP contribution in [0.15, 0.2) is 54.6 Å². The number of hydrogen-bond donors (Lipinski definition) is 0. The zero-order valence-corrected chi connectivity index (χ0v) is 20.6. The van der Waals surface area contributed by atoms with Crippen molar-refractivity contribution in [1.29, 1.82) is 0 Å². The third-order valence-corrected chi connectivity index (χ3v) is 5.63. The van der Waals surface area contributed by atoms with Gasteiger partial charge in [-0.3, -0.25) is 0 Å². The highest BCUT2D eigenvalue weighted by atomic mass is 14.7. The zero-order chi connectivity index (χ0) is 24.3. The standard InChI is InChI=1S/C33H27N/c1-32(2,3)28-18-14-24-16-20-30-12-9-13-31(34-30)21-17-25-15-19-29(33(4,5)6)23-27(25)11-8-7-10-26(24)22-28/h9,12-15,18-19,22-23H,1-6H3. The van der Waals surface area contributed by atoms with E-state index in [0.29, 0.717) is 11.4 Å². The van der Waals surface area contributed by atoms with Crippen molar-refractivity contribution in [2.24, 2.45) is 0 Å². The predicted octanol–water partition coefficient (Wildman–Crippen LogP) is 6.19. The van der Waals surface area contributed by atoms with Gasteiger partial charge in [-0.1, -0.05) is 83.4 Å². The Morgan fingerprint density at radius 3 is 1.35 bits per heavy atom. The molecule has 1 aliphatic heterocycles. The van der Waals surface area contributed by atoms with Crippen molar-refractivity contribution in [3.63, 3.8) is 0 Å². The topological polar surface area (TPSA) is 12.9 Å². The van der Waals surface area contributed by atoms with Crippen LogP contribution in [0.2, 0.25) is 0 Å². The molecule has 1 nitrogen and oxygen atoms in total. The van der Waals surface area contributed by atoms with E-state index in [9.17, 15) is 0 Å². The average Bonchev–Trinajstić information content (AvgIpc) is 2.78. The maximum atomic E-state index is 4.62. The van der Waals surface area contributed by atoms with Gasteiger partial charge in [0.2, 0.25) is 0 Å². The maximum absolute atomic E-state index is 4.62. The quantitative estimate of drug-likeness (QED) is 0.382. The molecule has 2 heterocycles. The van der Waals surface area contributed by atoms with Gasteiger partial charge >= 0.3 is 0 Å². The van der Waals surface area contributed by atoms with Crippen LogP contribution in [0.1, 0.15) is 86.3 Å². The van der Waals surface area contributed by atoms with E-state index in [1.165, 1.54) is 11.1 Å². The van der Waals surface area contributed by atoms with Gasteiger partial charge in [0.05, 0.1) is 0 Å². The van der Waals surface area contributed by atoms with Gasteiger partial charge in [0.25, 0.3) is 0 Å². The number of pyridine rings is 1. The summed E-state index contributed by atoms with van der Waals surface area (Å²) < 4.78 is 0. The molecular formula is C33H27N. The smallest absolute Gasteiger partial charge is 0.115 e. The molecule has 0 saturated carbocycles. The number of benzene rings is 2. The minimum Gasteiger partial charge on any atom is -0.231 e. The van der Waals surface area contributed by atoms with E-state index in [1.807, 2.05) is 30.3 Å². The molecule has 1 aromatic heterocycles. The summed E-state index contributed by atoms with van der Waals surface area (Å²) in [7, 11) is 0. The molecule has 0 aliphatic carbocycles. The molecule has 0 unspecified atom stereocenters. The molecule has 0 amide bonds. The second-order valence-corrected chi connectivity index (χ2v) is 10.4. The lowest BCUT2D eigenvalue weighted by Gasteiger charge is -2.19. The van der Waals surface area contributed by atoms with Crippen molar-refractivity contribution in [1.82, 2.24) is 4.98 Å². The molecule has 0 spiro atoms. The minimum atomic E-state index is 0.0162. The first kappa shape index (κ1) is 23.0.